The van der Waals surface area contributed by atoms with Crippen LogP contribution in [0.4, 0.5) is 0 Å². The molecule has 0 unspecified atom stereocenters. The van der Waals surface area contributed by atoms with Gasteiger partial charge in [-0.15, -0.1) is 0 Å². The van der Waals surface area contributed by atoms with E-state index in [1.54, 1.807) is 17.7 Å². The number of halogens is 1. The first-order valence-electron chi connectivity index (χ1n) is 8.28. The van der Waals surface area contributed by atoms with Crippen LogP contribution in [0.25, 0.3) is 10.9 Å². The van der Waals surface area contributed by atoms with E-state index in [0.717, 1.165) is 6.42 Å². The van der Waals surface area contributed by atoms with Gasteiger partial charge in [-0.1, -0.05) is 25.4 Å². The summed E-state index contributed by atoms with van der Waals surface area (Å²) in [4.78, 5) is 27.9. The zero-order chi connectivity index (χ0) is 19.4. The first kappa shape index (κ1) is 19.7. The van der Waals surface area contributed by atoms with Crippen molar-refractivity contribution in [3.63, 3.8) is 0 Å². The van der Waals surface area contributed by atoms with Crippen molar-refractivity contribution >= 4 is 34.4 Å². The largest absolute Gasteiger partial charge is 0.461 e. The third-order valence-corrected chi connectivity index (χ3v) is 3.98. The number of nitrogens with zero attached hydrogens (tertiary/aromatic N) is 3. The lowest BCUT2D eigenvalue weighted by atomic mass is 10.1. The van der Waals surface area contributed by atoms with Crippen LogP contribution in [0.5, 0.6) is 5.75 Å². The molecule has 0 fully saturated rings. The van der Waals surface area contributed by atoms with E-state index in [-0.39, 0.29) is 28.8 Å². The van der Waals surface area contributed by atoms with Crippen LogP contribution in [0.2, 0.25) is 5.02 Å². The third kappa shape index (κ3) is 3.97. The Labute approximate surface area is 156 Å². The molecule has 0 N–H and O–H groups in total. The summed E-state index contributed by atoms with van der Waals surface area (Å²) in [6.45, 7) is 7.74. The summed E-state index contributed by atoms with van der Waals surface area (Å²) in [5, 5.41) is 10.1. The molecule has 0 spiro atoms. The van der Waals surface area contributed by atoms with Crippen LogP contribution in [0, 0.1) is 17.2 Å². The van der Waals surface area contributed by atoms with Gasteiger partial charge < -0.3 is 14.0 Å². The van der Waals surface area contributed by atoms with Gasteiger partial charge in [-0.3, -0.25) is 4.79 Å². The van der Waals surface area contributed by atoms with E-state index in [9.17, 15) is 14.9 Å². The predicted octanol–water partition coefficient (Wildman–Crippen LogP) is 3.71. The van der Waals surface area contributed by atoms with Gasteiger partial charge in [0.15, 0.2) is 17.1 Å². The van der Waals surface area contributed by atoms with Crippen LogP contribution in [-0.2, 0) is 16.1 Å². The molecule has 0 atom stereocenters. The maximum Gasteiger partial charge on any atom is 0.360 e. The summed E-state index contributed by atoms with van der Waals surface area (Å²) >= 11 is 6.36. The fourth-order valence-electron chi connectivity index (χ4n) is 2.56. The number of pyridine rings is 1. The van der Waals surface area contributed by atoms with E-state index < -0.39 is 11.9 Å². The Hall–Kier alpha value is -2.59. The van der Waals surface area contributed by atoms with E-state index in [2.05, 4.69) is 18.8 Å². The zero-order valence-electron chi connectivity index (χ0n) is 15.1. The van der Waals surface area contributed by atoms with Gasteiger partial charge in [0.05, 0.1) is 22.5 Å². The quantitative estimate of drug-likeness (QED) is 0.712. The van der Waals surface area contributed by atoms with Gasteiger partial charge in [-0.05, 0) is 19.3 Å². The van der Waals surface area contributed by atoms with Gasteiger partial charge in [-0.25, -0.2) is 9.78 Å². The summed E-state index contributed by atoms with van der Waals surface area (Å²) in [5.74, 6) is -1.06. The third-order valence-electron chi connectivity index (χ3n) is 3.69. The van der Waals surface area contributed by atoms with Crippen molar-refractivity contribution in [1.29, 1.82) is 5.26 Å². The summed E-state index contributed by atoms with van der Waals surface area (Å²) < 4.78 is 12.0. The molecule has 0 saturated heterocycles. The fraction of sp³-hybridized carbons (Fsp3) is 0.444. The average molecular weight is 378 g/mol. The van der Waals surface area contributed by atoms with Crippen molar-refractivity contribution in [3.05, 3.63) is 22.6 Å². The van der Waals surface area contributed by atoms with Crippen molar-refractivity contribution in [2.24, 2.45) is 5.92 Å². The second-order valence-electron chi connectivity index (χ2n) is 6.14. The number of aryl methyl sites for hydroxylation is 1. The number of rotatable bonds is 6. The Morgan fingerprint density at radius 3 is 2.65 bits per heavy atom. The second-order valence-corrected chi connectivity index (χ2v) is 6.55. The molecule has 2 heterocycles. The Morgan fingerprint density at radius 2 is 2.12 bits per heavy atom. The van der Waals surface area contributed by atoms with Gasteiger partial charge in [0.2, 0.25) is 0 Å². The van der Waals surface area contributed by atoms with Crippen LogP contribution in [-0.4, -0.2) is 28.1 Å². The van der Waals surface area contributed by atoms with Crippen LogP contribution in [0.15, 0.2) is 6.20 Å². The molecule has 0 amide bonds. The number of carbonyl (C=O) groups is 2. The molecule has 0 aromatic carbocycles. The van der Waals surface area contributed by atoms with Gasteiger partial charge in [-0.2, -0.15) is 5.26 Å². The molecule has 2 aromatic heterocycles. The van der Waals surface area contributed by atoms with Gasteiger partial charge >= 0.3 is 11.9 Å². The smallest absolute Gasteiger partial charge is 0.360 e. The van der Waals surface area contributed by atoms with Gasteiger partial charge in [0.25, 0.3) is 0 Å². The number of nitriles is 1. The molecular formula is C18H20ClN3O4. The van der Waals surface area contributed by atoms with E-state index in [1.807, 2.05) is 6.07 Å². The van der Waals surface area contributed by atoms with Gasteiger partial charge in [0, 0.05) is 19.7 Å². The maximum absolute atomic E-state index is 12.3. The summed E-state index contributed by atoms with van der Waals surface area (Å²) in [5.41, 5.74) is 0.215. The number of aromatic nitrogens is 2. The summed E-state index contributed by atoms with van der Waals surface area (Å²) in [6.07, 6.45) is 2.51. The number of fused-ring (bicyclic) bond motifs is 1. The first-order valence-corrected chi connectivity index (χ1v) is 8.65. The Morgan fingerprint density at radius 1 is 1.42 bits per heavy atom. The van der Waals surface area contributed by atoms with Crippen LogP contribution < -0.4 is 4.74 Å². The minimum atomic E-state index is -0.784. The van der Waals surface area contributed by atoms with E-state index in [0.29, 0.717) is 23.4 Å². The van der Waals surface area contributed by atoms with E-state index in [1.165, 1.54) is 6.92 Å². The lowest BCUT2D eigenvalue weighted by Crippen LogP contribution is -2.14. The van der Waals surface area contributed by atoms with E-state index >= 15 is 0 Å². The fourth-order valence-corrected chi connectivity index (χ4v) is 2.85. The number of hydrogen-bond donors (Lipinski definition) is 0. The highest BCUT2D eigenvalue weighted by Gasteiger charge is 2.27. The molecule has 0 bridgehead atoms. The van der Waals surface area contributed by atoms with Gasteiger partial charge in [0.1, 0.15) is 6.07 Å². The SMILES string of the molecule is CCOC(=O)c1nc(C#N)c2c(c(Cl)cn2CCC(C)C)c1OC(C)=O. The van der Waals surface area contributed by atoms with Crippen molar-refractivity contribution in [3.8, 4) is 11.8 Å². The number of esters is 2. The molecule has 0 aliphatic heterocycles. The van der Waals surface area contributed by atoms with Crippen molar-refractivity contribution in [1.82, 2.24) is 9.55 Å². The monoisotopic (exact) mass is 377 g/mol. The molecule has 138 valence electrons. The van der Waals surface area contributed by atoms with Crippen LogP contribution >= 0.6 is 11.6 Å². The van der Waals surface area contributed by atoms with Crippen molar-refractivity contribution < 1.29 is 19.1 Å². The first-order chi connectivity index (χ1) is 12.3. The van der Waals surface area contributed by atoms with Crippen LogP contribution in [0.3, 0.4) is 0 Å². The molecule has 0 radical (unpaired) electrons. The lowest BCUT2D eigenvalue weighted by Gasteiger charge is -2.12. The Kier molecular flexibility index (Phi) is 6.22. The standard InChI is InChI=1S/C18H20ClN3O4/c1-5-25-18(24)15-17(26-11(4)23)14-12(19)9-22(7-6-10(2)3)16(14)13(8-20)21-15/h9-10H,5-7H2,1-4H3. The zero-order valence-corrected chi connectivity index (χ0v) is 15.9. The van der Waals surface area contributed by atoms with E-state index in [4.69, 9.17) is 21.1 Å². The Balaban J connectivity index is 2.79. The molecule has 2 rings (SSSR count). The average Bonchev–Trinajstić information content (AvgIpc) is 2.90. The number of carbonyl (C=O) groups excluding carboxylic acids is 2. The molecular weight excluding hydrogens is 358 g/mol. The summed E-state index contributed by atoms with van der Waals surface area (Å²) in [7, 11) is 0. The van der Waals surface area contributed by atoms with Crippen molar-refractivity contribution in [2.45, 2.75) is 40.7 Å². The second kappa shape index (κ2) is 8.19. The topological polar surface area (TPSA) is 94.2 Å². The lowest BCUT2D eigenvalue weighted by molar-refractivity contribution is -0.131. The minimum Gasteiger partial charge on any atom is -0.461 e. The Bertz CT molecular complexity index is 896. The molecule has 0 aliphatic carbocycles. The minimum absolute atomic E-state index is 0.0228. The van der Waals surface area contributed by atoms with Crippen LogP contribution in [0.1, 0.15) is 50.3 Å². The molecule has 26 heavy (non-hydrogen) atoms. The highest BCUT2D eigenvalue weighted by molar-refractivity contribution is 6.36. The molecule has 0 aliphatic rings. The molecule has 8 heteroatoms. The maximum atomic E-state index is 12.3. The summed E-state index contributed by atoms with van der Waals surface area (Å²) in [6, 6.07) is 1.99. The number of ether oxygens (including phenoxy) is 2. The normalized spacial score (nSPS) is 10.8. The molecule has 2 aromatic rings. The molecule has 7 nitrogen and oxygen atoms in total. The highest BCUT2D eigenvalue weighted by Crippen LogP contribution is 2.38. The molecule has 0 saturated carbocycles. The highest BCUT2D eigenvalue weighted by atomic mass is 35.5. The number of hydrogen-bond acceptors (Lipinski definition) is 6. The van der Waals surface area contributed by atoms with Crippen molar-refractivity contribution in [2.75, 3.05) is 6.61 Å². The predicted molar refractivity (Wildman–Crippen MR) is 96.2 cm³/mol.